The SMILES string of the molecule is CC(=O)C=CC=Cc1ccc(N=[N+]=[N-])cc1. The Hall–Kier alpha value is -2.32. The van der Waals surface area contributed by atoms with Gasteiger partial charge in [0.1, 0.15) is 0 Å². The van der Waals surface area contributed by atoms with Crippen molar-refractivity contribution in [2.24, 2.45) is 5.11 Å². The largest absolute Gasteiger partial charge is 0.295 e. The van der Waals surface area contributed by atoms with Gasteiger partial charge in [0.15, 0.2) is 5.78 Å². The molecule has 1 rings (SSSR count). The van der Waals surface area contributed by atoms with Gasteiger partial charge in [-0.1, -0.05) is 47.6 Å². The van der Waals surface area contributed by atoms with Crippen LogP contribution in [0.5, 0.6) is 0 Å². The van der Waals surface area contributed by atoms with Crippen molar-refractivity contribution in [1.29, 1.82) is 0 Å². The fourth-order valence-corrected chi connectivity index (χ4v) is 1.06. The number of allylic oxidation sites excluding steroid dienone is 3. The number of carbonyl (C=O) groups is 1. The molecule has 1 aromatic carbocycles. The Bertz CT molecular complexity index is 466. The van der Waals surface area contributed by atoms with Gasteiger partial charge in [-0.25, -0.2) is 0 Å². The molecule has 0 aliphatic carbocycles. The standard InChI is InChI=1S/C12H11N3O/c1-10(16)4-2-3-5-11-6-8-12(9-7-11)14-15-13/h2-9H,1H3. The van der Waals surface area contributed by atoms with Crippen LogP contribution in [0, 0.1) is 0 Å². The number of azide groups is 1. The maximum Gasteiger partial charge on any atom is 0.152 e. The minimum atomic E-state index is 0.0170. The third-order valence-corrected chi connectivity index (χ3v) is 1.78. The molecule has 0 unspecified atom stereocenters. The summed E-state index contributed by atoms with van der Waals surface area (Å²) in [5, 5.41) is 3.47. The maximum atomic E-state index is 10.6. The summed E-state index contributed by atoms with van der Waals surface area (Å²) in [6.45, 7) is 1.50. The lowest BCUT2D eigenvalue weighted by atomic mass is 10.2. The van der Waals surface area contributed by atoms with Gasteiger partial charge in [0.05, 0.1) is 0 Å². The van der Waals surface area contributed by atoms with Crippen molar-refractivity contribution in [3.63, 3.8) is 0 Å². The van der Waals surface area contributed by atoms with Crippen molar-refractivity contribution in [3.05, 3.63) is 58.5 Å². The molecule has 0 aliphatic rings. The zero-order valence-electron chi connectivity index (χ0n) is 8.87. The van der Waals surface area contributed by atoms with Crippen LogP contribution >= 0.6 is 0 Å². The third-order valence-electron chi connectivity index (χ3n) is 1.78. The second-order valence-electron chi connectivity index (χ2n) is 3.11. The van der Waals surface area contributed by atoms with Crippen LogP contribution < -0.4 is 0 Å². The monoisotopic (exact) mass is 213 g/mol. The van der Waals surface area contributed by atoms with E-state index in [2.05, 4.69) is 10.0 Å². The van der Waals surface area contributed by atoms with Gasteiger partial charge >= 0.3 is 0 Å². The Morgan fingerprint density at radius 1 is 1.31 bits per heavy atom. The van der Waals surface area contributed by atoms with E-state index >= 15 is 0 Å². The van der Waals surface area contributed by atoms with Crippen molar-refractivity contribution in [2.45, 2.75) is 6.92 Å². The first kappa shape index (κ1) is 11.8. The Labute approximate surface area is 93.5 Å². The number of nitrogens with zero attached hydrogens (tertiary/aromatic N) is 3. The zero-order chi connectivity index (χ0) is 11.8. The highest BCUT2D eigenvalue weighted by atomic mass is 16.1. The highest BCUT2D eigenvalue weighted by Crippen LogP contribution is 2.13. The lowest BCUT2D eigenvalue weighted by Gasteiger charge is -1.93. The van der Waals surface area contributed by atoms with Crippen molar-refractivity contribution in [3.8, 4) is 0 Å². The van der Waals surface area contributed by atoms with E-state index in [4.69, 9.17) is 5.53 Å². The number of rotatable bonds is 4. The second-order valence-corrected chi connectivity index (χ2v) is 3.11. The number of ketones is 1. The molecule has 0 radical (unpaired) electrons. The molecule has 80 valence electrons. The predicted molar refractivity (Wildman–Crippen MR) is 64.1 cm³/mol. The van der Waals surface area contributed by atoms with Gasteiger partial charge in [0, 0.05) is 10.6 Å². The average molecular weight is 213 g/mol. The van der Waals surface area contributed by atoms with Crippen LogP contribution in [-0.2, 0) is 4.79 Å². The van der Waals surface area contributed by atoms with Gasteiger partial charge in [-0.3, -0.25) is 4.79 Å². The summed E-state index contributed by atoms with van der Waals surface area (Å²) < 4.78 is 0. The van der Waals surface area contributed by atoms with Crippen LogP contribution in [-0.4, -0.2) is 5.78 Å². The third kappa shape index (κ3) is 4.26. The quantitative estimate of drug-likeness (QED) is 0.247. The van der Waals surface area contributed by atoms with Gasteiger partial charge in [-0.2, -0.15) is 0 Å². The fraction of sp³-hybridized carbons (Fsp3) is 0.0833. The highest BCUT2D eigenvalue weighted by molar-refractivity contribution is 5.87. The van der Waals surface area contributed by atoms with Gasteiger partial charge in [-0.15, -0.1) is 0 Å². The first-order valence-corrected chi connectivity index (χ1v) is 4.73. The van der Waals surface area contributed by atoms with E-state index in [0.717, 1.165) is 5.56 Å². The number of carbonyl (C=O) groups excluding carboxylic acids is 1. The average Bonchev–Trinajstić information content (AvgIpc) is 2.27. The van der Waals surface area contributed by atoms with Gasteiger partial charge in [0.25, 0.3) is 0 Å². The summed E-state index contributed by atoms with van der Waals surface area (Å²) in [6, 6.07) is 7.13. The minimum Gasteiger partial charge on any atom is -0.295 e. The molecule has 1 aromatic rings. The predicted octanol–water partition coefficient (Wildman–Crippen LogP) is 3.79. The molecule has 0 heterocycles. The van der Waals surface area contributed by atoms with Crippen molar-refractivity contribution < 1.29 is 4.79 Å². The molecule has 0 aliphatic heterocycles. The summed E-state index contributed by atoms with van der Waals surface area (Å²) in [5.41, 5.74) is 9.78. The molecular formula is C12H11N3O. The number of benzene rings is 1. The second kappa shape index (κ2) is 6.22. The topological polar surface area (TPSA) is 65.8 Å². The van der Waals surface area contributed by atoms with Crippen LogP contribution in [0.15, 0.2) is 47.6 Å². The molecule has 0 N–H and O–H groups in total. The molecule has 0 aromatic heterocycles. The molecule has 0 saturated carbocycles. The van der Waals surface area contributed by atoms with E-state index in [0.29, 0.717) is 5.69 Å². The highest BCUT2D eigenvalue weighted by Gasteiger charge is 1.87. The van der Waals surface area contributed by atoms with E-state index < -0.39 is 0 Å². The lowest BCUT2D eigenvalue weighted by Crippen LogP contribution is -1.77. The molecule has 4 heteroatoms. The van der Waals surface area contributed by atoms with Crippen molar-refractivity contribution >= 4 is 17.5 Å². The molecule has 0 fully saturated rings. The molecule has 16 heavy (non-hydrogen) atoms. The molecule has 0 bridgehead atoms. The van der Waals surface area contributed by atoms with Crippen LogP contribution in [0.3, 0.4) is 0 Å². The Kier molecular flexibility index (Phi) is 4.57. The molecule has 0 spiro atoms. The first-order chi connectivity index (χ1) is 7.72. The van der Waals surface area contributed by atoms with Crippen LogP contribution in [0.2, 0.25) is 0 Å². The lowest BCUT2D eigenvalue weighted by molar-refractivity contribution is -0.112. The summed E-state index contributed by atoms with van der Waals surface area (Å²) in [6.07, 6.45) is 6.82. The fourth-order valence-electron chi connectivity index (χ4n) is 1.06. The van der Waals surface area contributed by atoms with Crippen molar-refractivity contribution in [2.75, 3.05) is 0 Å². The Balaban J connectivity index is 2.68. The van der Waals surface area contributed by atoms with E-state index in [1.807, 2.05) is 18.2 Å². The zero-order valence-corrected chi connectivity index (χ0v) is 8.87. The van der Waals surface area contributed by atoms with E-state index in [1.54, 1.807) is 24.3 Å². The molecule has 0 atom stereocenters. The van der Waals surface area contributed by atoms with Gasteiger partial charge in [-0.05, 0) is 24.1 Å². The van der Waals surface area contributed by atoms with Crippen LogP contribution in [0.25, 0.3) is 16.5 Å². The first-order valence-electron chi connectivity index (χ1n) is 4.73. The van der Waals surface area contributed by atoms with Gasteiger partial charge < -0.3 is 0 Å². The van der Waals surface area contributed by atoms with Gasteiger partial charge in [0.2, 0.25) is 0 Å². The molecule has 0 saturated heterocycles. The molecule has 0 amide bonds. The molecule has 4 nitrogen and oxygen atoms in total. The Morgan fingerprint density at radius 3 is 2.56 bits per heavy atom. The minimum absolute atomic E-state index is 0.0170. The smallest absolute Gasteiger partial charge is 0.152 e. The Morgan fingerprint density at radius 2 is 2.00 bits per heavy atom. The number of hydrogen-bond donors (Lipinski definition) is 0. The maximum absolute atomic E-state index is 10.6. The van der Waals surface area contributed by atoms with Crippen LogP contribution in [0.1, 0.15) is 12.5 Å². The normalized spacial score (nSPS) is 10.6. The summed E-state index contributed by atoms with van der Waals surface area (Å²) in [4.78, 5) is 13.3. The number of hydrogen-bond acceptors (Lipinski definition) is 2. The van der Waals surface area contributed by atoms with E-state index in [-0.39, 0.29) is 5.78 Å². The van der Waals surface area contributed by atoms with E-state index in [9.17, 15) is 4.79 Å². The molecular weight excluding hydrogens is 202 g/mol. The summed E-state index contributed by atoms with van der Waals surface area (Å²) in [7, 11) is 0. The van der Waals surface area contributed by atoms with Crippen LogP contribution in [0.4, 0.5) is 5.69 Å². The van der Waals surface area contributed by atoms with E-state index in [1.165, 1.54) is 13.0 Å². The summed E-state index contributed by atoms with van der Waals surface area (Å²) >= 11 is 0. The van der Waals surface area contributed by atoms with Crippen molar-refractivity contribution in [1.82, 2.24) is 0 Å². The summed E-state index contributed by atoms with van der Waals surface area (Å²) in [5.74, 6) is 0.0170.